The molecule has 0 spiro atoms. The highest BCUT2D eigenvalue weighted by Crippen LogP contribution is 2.06. The molecule has 0 aromatic carbocycles. The number of carbonyl (C=O) groups is 1. The summed E-state index contributed by atoms with van der Waals surface area (Å²) < 4.78 is 24.1. The minimum atomic E-state index is -2.14. The third kappa shape index (κ3) is 4.38. The topological polar surface area (TPSA) is 63.6 Å². The molecule has 2 atom stereocenters. The van der Waals surface area contributed by atoms with E-state index in [0.29, 0.717) is 0 Å². The van der Waals surface area contributed by atoms with Gasteiger partial charge in [0.05, 0.1) is 0 Å². The molecule has 5 heteroatoms. The van der Waals surface area contributed by atoms with Crippen LogP contribution in [0.5, 0.6) is 0 Å². The maximum Gasteiger partial charge on any atom is 0.324 e. The SMILES string of the molecule is CCC(CC)OC(=O)C(C)S(=O)O. The Morgan fingerprint density at radius 1 is 1.46 bits per heavy atom. The van der Waals surface area contributed by atoms with Crippen LogP contribution in [0.15, 0.2) is 0 Å². The Morgan fingerprint density at radius 3 is 2.23 bits per heavy atom. The van der Waals surface area contributed by atoms with E-state index in [-0.39, 0.29) is 6.10 Å². The van der Waals surface area contributed by atoms with Crippen LogP contribution in [0.3, 0.4) is 0 Å². The molecule has 0 bridgehead atoms. The van der Waals surface area contributed by atoms with Crippen molar-refractivity contribution in [2.45, 2.75) is 45.0 Å². The van der Waals surface area contributed by atoms with Gasteiger partial charge in [-0.3, -0.25) is 4.79 Å². The zero-order valence-corrected chi connectivity index (χ0v) is 8.97. The maximum atomic E-state index is 11.1. The Morgan fingerprint density at radius 2 is 1.92 bits per heavy atom. The lowest BCUT2D eigenvalue weighted by molar-refractivity contribution is -0.148. The van der Waals surface area contributed by atoms with Crippen molar-refractivity contribution in [3.63, 3.8) is 0 Å². The summed E-state index contributed by atoms with van der Waals surface area (Å²) in [5.41, 5.74) is 0. The lowest BCUT2D eigenvalue weighted by Crippen LogP contribution is -2.28. The zero-order valence-electron chi connectivity index (χ0n) is 8.15. The first-order valence-corrected chi connectivity index (χ1v) is 5.50. The van der Waals surface area contributed by atoms with E-state index >= 15 is 0 Å². The van der Waals surface area contributed by atoms with Crippen LogP contribution >= 0.6 is 0 Å². The molecule has 1 N–H and O–H groups in total. The number of esters is 1. The first-order chi connectivity index (χ1) is 6.02. The maximum absolute atomic E-state index is 11.1. The Labute approximate surface area is 80.9 Å². The predicted molar refractivity (Wildman–Crippen MR) is 50.7 cm³/mol. The normalized spacial score (nSPS) is 15.5. The van der Waals surface area contributed by atoms with E-state index in [9.17, 15) is 9.00 Å². The van der Waals surface area contributed by atoms with E-state index in [1.165, 1.54) is 6.92 Å². The molecule has 0 aromatic heterocycles. The fourth-order valence-electron chi connectivity index (χ4n) is 0.798. The number of rotatable bonds is 5. The molecule has 0 amide bonds. The van der Waals surface area contributed by atoms with Crippen LogP contribution in [0, 0.1) is 0 Å². The third-order valence-electron chi connectivity index (χ3n) is 1.83. The van der Waals surface area contributed by atoms with Gasteiger partial charge in [0.2, 0.25) is 0 Å². The molecule has 0 radical (unpaired) electrons. The summed E-state index contributed by atoms with van der Waals surface area (Å²) in [6.45, 7) is 5.19. The standard InChI is InChI=1S/C8H16O4S/c1-4-7(5-2)12-8(9)6(3)13(10)11/h6-7H,4-5H2,1-3H3,(H,10,11). The van der Waals surface area contributed by atoms with Crippen LogP contribution in [0.25, 0.3) is 0 Å². The quantitative estimate of drug-likeness (QED) is 0.547. The molecule has 0 aliphatic rings. The second kappa shape index (κ2) is 6.10. The molecular formula is C8H16O4S. The lowest BCUT2D eigenvalue weighted by atomic mass is 10.2. The van der Waals surface area contributed by atoms with Gasteiger partial charge in [-0.2, -0.15) is 0 Å². The van der Waals surface area contributed by atoms with Gasteiger partial charge in [0, 0.05) is 0 Å². The molecule has 0 rings (SSSR count). The van der Waals surface area contributed by atoms with Gasteiger partial charge in [-0.05, 0) is 19.8 Å². The zero-order chi connectivity index (χ0) is 10.4. The van der Waals surface area contributed by atoms with Gasteiger partial charge in [-0.1, -0.05) is 13.8 Å². The second-order valence-corrected chi connectivity index (χ2v) is 4.05. The van der Waals surface area contributed by atoms with Crippen molar-refractivity contribution in [3.05, 3.63) is 0 Å². The van der Waals surface area contributed by atoms with Crippen molar-refractivity contribution in [2.24, 2.45) is 0 Å². The molecule has 0 heterocycles. The van der Waals surface area contributed by atoms with Gasteiger partial charge in [0.15, 0.2) is 16.3 Å². The molecule has 0 fully saturated rings. The van der Waals surface area contributed by atoms with E-state index in [0.717, 1.165) is 12.8 Å². The van der Waals surface area contributed by atoms with Crippen LogP contribution in [0.2, 0.25) is 0 Å². The highest BCUT2D eigenvalue weighted by molar-refractivity contribution is 7.80. The molecule has 0 aromatic rings. The minimum absolute atomic E-state index is 0.140. The van der Waals surface area contributed by atoms with E-state index in [4.69, 9.17) is 9.29 Å². The molecule has 0 saturated carbocycles. The molecule has 78 valence electrons. The summed E-state index contributed by atoms with van der Waals surface area (Å²) in [4.78, 5) is 11.1. The highest BCUT2D eigenvalue weighted by atomic mass is 32.2. The summed E-state index contributed by atoms with van der Waals surface area (Å²) in [6, 6.07) is 0. The fraction of sp³-hybridized carbons (Fsp3) is 0.875. The van der Waals surface area contributed by atoms with Gasteiger partial charge in [0.25, 0.3) is 0 Å². The summed E-state index contributed by atoms with van der Waals surface area (Å²) in [5, 5.41) is -0.958. The number of ether oxygens (including phenoxy) is 1. The smallest absolute Gasteiger partial charge is 0.324 e. The van der Waals surface area contributed by atoms with Crippen molar-refractivity contribution in [2.75, 3.05) is 0 Å². The predicted octanol–water partition coefficient (Wildman–Crippen LogP) is 1.33. The van der Waals surface area contributed by atoms with Gasteiger partial charge < -0.3 is 9.29 Å². The van der Waals surface area contributed by atoms with E-state index < -0.39 is 22.3 Å². The van der Waals surface area contributed by atoms with Gasteiger partial charge >= 0.3 is 5.97 Å². The number of hydrogen-bond acceptors (Lipinski definition) is 3. The van der Waals surface area contributed by atoms with Crippen molar-refractivity contribution in [1.82, 2.24) is 0 Å². The molecule has 0 saturated heterocycles. The van der Waals surface area contributed by atoms with Crippen molar-refractivity contribution < 1.29 is 18.3 Å². The summed E-state index contributed by atoms with van der Waals surface area (Å²) in [6.07, 6.45) is 1.32. The van der Waals surface area contributed by atoms with Crippen LogP contribution in [-0.4, -0.2) is 26.1 Å². The molecule has 0 aliphatic heterocycles. The van der Waals surface area contributed by atoms with E-state index in [2.05, 4.69) is 0 Å². The summed E-state index contributed by atoms with van der Waals surface area (Å²) >= 11 is -2.14. The molecular weight excluding hydrogens is 192 g/mol. The largest absolute Gasteiger partial charge is 0.461 e. The summed E-state index contributed by atoms with van der Waals surface area (Å²) in [5.74, 6) is -0.602. The van der Waals surface area contributed by atoms with Crippen molar-refractivity contribution >= 4 is 17.0 Å². The first-order valence-electron chi connectivity index (χ1n) is 4.33. The van der Waals surface area contributed by atoms with Gasteiger partial charge in [-0.15, -0.1) is 0 Å². The van der Waals surface area contributed by atoms with Gasteiger partial charge in [-0.25, -0.2) is 4.21 Å². The fourth-order valence-corrected chi connectivity index (χ4v) is 1.02. The lowest BCUT2D eigenvalue weighted by Gasteiger charge is -2.15. The van der Waals surface area contributed by atoms with Crippen LogP contribution < -0.4 is 0 Å². The molecule has 4 nitrogen and oxygen atoms in total. The monoisotopic (exact) mass is 208 g/mol. The van der Waals surface area contributed by atoms with Crippen LogP contribution in [0.4, 0.5) is 0 Å². The third-order valence-corrected chi connectivity index (χ3v) is 2.63. The van der Waals surface area contributed by atoms with E-state index in [1.807, 2.05) is 13.8 Å². The number of hydrogen-bond donors (Lipinski definition) is 1. The van der Waals surface area contributed by atoms with Crippen molar-refractivity contribution in [3.8, 4) is 0 Å². The summed E-state index contributed by atoms with van der Waals surface area (Å²) in [7, 11) is 0. The average molecular weight is 208 g/mol. The number of carbonyl (C=O) groups excluding carboxylic acids is 1. The minimum Gasteiger partial charge on any atom is -0.461 e. The van der Waals surface area contributed by atoms with E-state index in [1.54, 1.807) is 0 Å². The second-order valence-electron chi connectivity index (χ2n) is 2.79. The van der Waals surface area contributed by atoms with Crippen LogP contribution in [0.1, 0.15) is 33.6 Å². The Hall–Kier alpha value is -0.420. The Balaban J connectivity index is 4.05. The van der Waals surface area contributed by atoms with Gasteiger partial charge in [0.1, 0.15) is 6.10 Å². The molecule has 2 unspecified atom stereocenters. The van der Waals surface area contributed by atoms with Crippen LogP contribution in [-0.2, 0) is 20.6 Å². The van der Waals surface area contributed by atoms with Crippen molar-refractivity contribution in [1.29, 1.82) is 0 Å². The molecule has 13 heavy (non-hydrogen) atoms. The molecule has 0 aliphatic carbocycles. The average Bonchev–Trinajstić information content (AvgIpc) is 2.12. The Bertz CT molecular complexity index is 189. The highest BCUT2D eigenvalue weighted by Gasteiger charge is 2.22. The Kier molecular flexibility index (Phi) is 5.90. The first kappa shape index (κ1) is 12.6.